The molecule has 0 bridgehead atoms. The fourth-order valence-electron chi connectivity index (χ4n) is 2.43. The highest BCUT2D eigenvalue weighted by Gasteiger charge is 2.13. The fourth-order valence-corrected chi connectivity index (χ4v) is 2.43. The van der Waals surface area contributed by atoms with Gasteiger partial charge in [0.15, 0.2) is 17.5 Å². The minimum absolute atomic E-state index is 0.159. The van der Waals surface area contributed by atoms with Crippen LogP contribution in [-0.4, -0.2) is 10.9 Å². The van der Waals surface area contributed by atoms with Gasteiger partial charge < -0.3 is 10.6 Å². The molecule has 7 heteroatoms. The molecule has 0 unspecified atom stereocenters. The van der Waals surface area contributed by atoms with E-state index in [2.05, 4.69) is 15.6 Å². The van der Waals surface area contributed by atoms with Gasteiger partial charge in [-0.3, -0.25) is 4.79 Å². The van der Waals surface area contributed by atoms with Crippen LogP contribution in [0.25, 0.3) is 0 Å². The van der Waals surface area contributed by atoms with Gasteiger partial charge in [0.2, 0.25) is 5.91 Å². The summed E-state index contributed by atoms with van der Waals surface area (Å²) in [6, 6.07) is 14.6. The van der Waals surface area contributed by atoms with Gasteiger partial charge in [-0.25, -0.2) is 18.2 Å². The standard InChI is InChI=1S/C20H16F3N3O/c21-15-8-9-16(20(23)19(15)22)26-17-10-7-14(12-24-17)25-18(27)11-6-13-4-2-1-3-5-13/h1-5,7-10,12H,6,11H2,(H,24,26)(H,25,27). The molecule has 3 rings (SSSR count). The average molecular weight is 371 g/mol. The fraction of sp³-hybridized carbons (Fsp3) is 0.100. The Balaban J connectivity index is 1.57. The average Bonchev–Trinajstić information content (AvgIpc) is 2.69. The van der Waals surface area contributed by atoms with Crippen molar-refractivity contribution in [2.75, 3.05) is 10.6 Å². The molecule has 1 aromatic heterocycles. The molecule has 0 aliphatic heterocycles. The number of amides is 1. The summed E-state index contributed by atoms with van der Waals surface area (Å²) in [5, 5.41) is 5.28. The Morgan fingerprint density at radius 2 is 1.70 bits per heavy atom. The number of carbonyl (C=O) groups excluding carboxylic acids is 1. The number of hydrogen-bond acceptors (Lipinski definition) is 3. The molecule has 0 aliphatic rings. The van der Waals surface area contributed by atoms with E-state index in [9.17, 15) is 18.0 Å². The summed E-state index contributed by atoms with van der Waals surface area (Å²) in [5.74, 6) is -4.08. The summed E-state index contributed by atoms with van der Waals surface area (Å²) in [6.45, 7) is 0. The first kappa shape index (κ1) is 18.4. The Morgan fingerprint density at radius 3 is 2.41 bits per heavy atom. The summed E-state index contributed by atoms with van der Waals surface area (Å²) in [7, 11) is 0. The summed E-state index contributed by atoms with van der Waals surface area (Å²) < 4.78 is 39.8. The number of hydrogen-bond donors (Lipinski definition) is 2. The van der Waals surface area contributed by atoms with Crippen molar-refractivity contribution < 1.29 is 18.0 Å². The maximum atomic E-state index is 13.7. The smallest absolute Gasteiger partial charge is 0.224 e. The van der Waals surface area contributed by atoms with Crippen molar-refractivity contribution in [3.05, 3.63) is 83.8 Å². The van der Waals surface area contributed by atoms with Crippen molar-refractivity contribution in [3.8, 4) is 0 Å². The lowest BCUT2D eigenvalue weighted by Crippen LogP contribution is -2.12. The third-order valence-corrected chi connectivity index (χ3v) is 3.83. The van der Waals surface area contributed by atoms with Crippen LogP contribution in [0, 0.1) is 17.5 Å². The van der Waals surface area contributed by atoms with Crippen LogP contribution in [0.3, 0.4) is 0 Å². The summed E-state index contributed by atoms with van der Waals surface area (Å²) in [5.41, 5.74) is 1.31. The Labute approximate surface area is 154 Å². The lowest BCUT2D eigenvalue weighted by molar-refractivity contribution is -0.116. The van der Waals surface area contributed by atoms with Crippen molar-refractivity contribution in [2.24, 2.45) is 0 Å². The first-order valence-electron chi connectivity index (χ1n) is 8.23. The van der Waals surface area contributed by atoms with E-state index in [1.807, 2.05) is 30.3 Å². The lowest BCUT2D eigenvalue weighted by Gasteiger charge is -2.09. The molecule has 0 spiro atoms. The van der Waals surface area contributed by atoms with Crippen LogP contribution in [0.4, 0.5) is 30.4 Å². The van der Waals surface area contributed by atoms with Crippen LogP contribution in [0.15, 0.2) is 60.8 Å². The molecule has 0 saturated carbocycles. The van der Waals surface area contributed by atoms with E-state index in [1.165, 1.54) is 12.3 Å². The van der Waals surface area contributed by atoms with Crippen molar-refractivity contribution in [3.63, 3.8) is 0 Å². The summed E-state index contributed by atoms with van der Waals surface area (Å²) in [4.78, 5) is 16.0. The zero-order chi connectivity index (χ0) is 19.2. The molecule has 1 amide bonds. The van der Waals surface area contributed by atoms with Gasteiger partial charge >= 0.3 is 0 Å². The predicted molar refractivity (Wildman–Crippen MR) is 97.2 cm³/mol. The van der Waals surface area contributed by atoms with E-state index in [1.54, 1.807) is 6.07 Å². The van der Waals surface area contributed by atoms with Gasteiger partial charge in [-0.1, -0.05) is 30.3 Å². The number of pyridine rings is 1. The van der Waals surface area contributed by atoms with Crippen LogP contribution >= 0.6 is 0 Å². The number of nitrogens with zero attached hydrogens (tertiary/aromatic N) is 1. The highest BCUT2D eigenvalue weighted by molar-refractivity contribution is 5.90. The highest BCUT2D eigenvalue weighted by atomic mass is 19.2. The van der Waals surface area contributed by atoms with Gasteiger partial charge in [0, 0.05) is 6.42 Å². The van der Waals surface area contributed by atoms with E-state index >= 15 is 0 Å². The van der Waals surface area contributed by atoms with Crippen LogP contribution in [0.2, 0.25) is 0 Å². The molecule has 0 saturated heterocycles. The number of benzene rings is 2. The molecule has 2 N–H and O–H groups in total. The Morgan fingerprint density at radius 1 is 0.926 bits per heavy atom. The van der Waals surface area contributed by atoms with Crippen LogP contribution in [-0.2, 0) is 11.2 Å². The molecular formula is C20H16F3N3O. The third-order valence-electron chi connectivity index (χ3n) is 3.83. The summed E-state index contributed by atoms with van der Waals surface area (Å²) in [6.07, 6.45) is 2.33. The molecule has 0 fully saturated rings. The lowest BCUT2D eigenvalue weighted by atomic mass is 10.1. The molecule has 27 heavy (non-hydrogen) atoms. The first-order valence-corrected chi connectivity index (χ1v) is 8.23. The molecule has 3 aromatic rings. The van der Waals surface area contributed by atoms with Gasteiger partial charge in [0.05, 0.1) is 17.6 Å². The van der Waals surface area contributed by atoms with E-state index in [-0.39, 0.29) is 17.4 Å². The number of nitrogens with one attached hydrogen (secondary N) is 2. The molecule has 4 nitrogen and oxygen atoms in total. The summed E-state index contributed by atoms with van der Waals surface area (Å²) >= 11 is 0. The monoisotopic (exact) mass is 371 g/mol. The Bertz CT molecular complexity index is 931. The van der Waals surface area contributed by atoms with Gasteiger partial charge in [0.25, 0.3) is 0 Å². The highest BCUT2D eigenvalue weighted by Crippen LogP contribution is 2.23. The van der Waals surface area contributed by atoms with Gasteiger partial charge in [0.1, 0.15) is 5.82 Å². The number of carbonyl (C=O) groups is 1. The quantitative estimate of drug-likeness (QED) is 0.611. The zero-order valence-electron chi connectivity index (χ0n) is 14.2. The minimum Gasteiger partial charge on any atom is -0.338 e. The molecule has 138 valence electrons. The van der Waals surface area contributed by atoms with Crippen molar-refractivity contribution >= 4 is 23.1 Å². The zero-order valence-corrected chi connectivity index (χ0v) is 14.2. The van der Waals surface area contributed by atoms with Crippen molar-refractivity contribution in [1.29, 1.82) is 0 Å². The molecule has 0 radical (unpaired) electrons. The number of anilines is 3. The maximum absolute atomic E-state index is 13.7. The van der Waals surface area contributed by atoms with E-state index in [4.69, 9.17) is 0 Å². The Kier molecular flexibility index (Phi) is 5.71. The van der Waals surface area contributed by atoms with Crippen LogP contribution < -0.4 is 10.6 Å². The second kappa shape index (κ2) is 8.35. The Hall–Kier alpha value is -3.35. The second-order valence-corrected chi connectivity index (χ2v) is 5.81. The van der Waals surface area contributed by atoms with Gasteiger partial charge in [-0.05, 0) is 36.2 Å². The number of aryl methyl sites for hydroxylation is 1. The van der Waals surface area contributed by atoms with Crippen LogP contribution in [0.1, 0.15) is 12.0 Å². The molecule has 0 atom stereocenters. The van der Waals surface area contributed by atoms with Crippen molar-refractivity contribution in [1.82, 2.24) is 4.98 Å². The van der Waals surface area contributed by atoms with E-state index in [0.29, 0.717) is 18.5 Å². The van der Waals surface area contributed by atoms with E-state index < -0.39 is 17.5 Å². The first-order chi connectivity index (χ1) is 13.0. The SMILES string of the molecule is O=C(CCc1ccccc1)Nc1ccc(Nc2ccc(F)c(F)c2F)nc1. The van der Waals surface area contributed by atoms with Crippen LogP contribution in [0.5, 0.6) is 0 Å². The maximum Gasteiger partial charge on any atom is 0.224 e. The molecular weight excluding hydrogens is 355 g/mol. The normalized spacial score (nSPS) is 10.5. The molecule has 0 aliphatic carbocycles. The second-order valence-electron chi connectivity index (χ2n) is 5.81. The topological polar surface area (TPSA) is 54.0 Å². The van der Waals surface area contributed by atoms with Gasteiger partial charge in [-0.2, -0.15) is 0 Å². The number of aromatic nitrogens is 1. The number of rotatable bonds is 6. The minimum atomic E-state index is -1.55. The third kappa shape index (κ3) is 4.84. The van der Waals surface area contributed by atoms with Gasteiger partial charge in [-0.15, -0.1) is 0 Å². The predicted octanol–water partition coefficient (Wildman–Crippen LogP) is 4.81. The molecule has 1 heterocycles. The van der Waals surface area contributed by atoms with Crippen molar-refractivity contribution in [2.45, 2.75) is 12.8 Å². The molecule has 2 aromatic carbocycles. The number of halogens is 3. The largest absolute Gasteiger partial charge is 0.338 e. The van der Waals surface area contributed by atoms with E-state index in [0.717, 1.165) is 17.7 Å².